The molecule has 0 unspecified atom stereocenters. The zero-order valence-corrected chi connectivity index (χ0v) is 11.1. The van der Waals surface area contributed by atoms with Gasteiger partial charge in [0, 0.05) is 16.8 Å². The Bertz CT molecular complexity index is 518. The van der Waals surface area contributed by atoms with Gasteiger partial charge in [0.1, 0.15) is 0 Å². The summed E-state index contributed by atoms with van der Waals surface area (Å²) in [6.45, 7) is 2.01. The maximum Gasteiger partial charge on any atom is 0.230 e. The smallest absolute Gasteiger partial charge is 0.230 e. The van der Waals surface area contributed by atoms with Gasteiger partial charge < -0.3 is 4.90 Å². The molecule has 0 spiro atoms. The number of fused-ring (bicyclic) bond motifs is 1. The summed E-state index contributed by atoms with van der Waals surface area (Å²) in [5, 5.41) is 0.393. The molecule has 0 aliphatic carbocycles. The van der Waals surface area contributed by atoms with Gasteiger partial charge in [0.25, 0.3) is 0 Å². The first-order valence-corrected chi connectivity index (χ1v) is 7.38. The van der Waals surface area contributed by atoms with E-state index < -0.39 is 0 Å². The average Bonchev–Trinajstić information content (AvgIpc) is 2.72. The summed E-state index contributed by atoms with van der Waals surface area (Å²) < 4.78 is 0. The van der Waals surface area contributed by atoms with E-state index in [1.807, 2.05) is 35.3 Å². The second-order valence-electron chi connectivity index (χ2n) is 4.11. The first-order chi connectivity index (χ1) is 8.24. The van der Waals surface area contributed by atoms with Gasteiger partial charge in [-0.15, -0.1) is 23.1 Å². The molecule has 17 heavy (non-hydrogen) atoms. The topological polar surface area (TPSA) is 33.2 Å². The van der Waals surface area contributed by atoms with Crippen LogP contribution in [0.2, 0.25) is 0 Å². The highest BCUT2D eigenvalue weighted by molar-refractivity contribution is 8.00. The van der Waals surface area contributed by atoms with E-state index in [0.29, 0.717) is 11.8 Å². The molecule has 1 saturated heterocycles. The van der Waals surface area contributed by atoms with E-state index in [9.17, 15) is 4.79 Å². The van der Waals surface area contributed by atoms with Crippen molar-refractivity contribution in [3.63, 3.8) is 0 Å². The van der Waals surface area contributed by atoms with Crippen LogP contribution in [0.15, 0.2) is 23.4 Å². The van der Waals surface area contributed by atoms with Crippen LogP contribution in [0, 0.1) is 6.92 Å². The van der Waals surface area contributed by atoms with Gasteiger partial charge in [-0.2, -0.15) is 0 Å². The number of rotatable bonds is 2. The van der Waals surface area contributed by atoms with Gasteiger partial charge in [0.05, 0.1) is 23.0 Å². The molecule has 1 aromatic heterocycles. The number of thioether (sulfide) groups is 1. The molecular weight excluding hydrogens is 252 g/mol. The van der Waals surface area contributed by atoms with Crippen molar-refractivity contribution >= 4 is 35.1 Å². The first-order valence-electron chi connectivity index (χ1n) is 5.45. The number of hydrogen-bond acceptors (Lipinski definition) is 4. The second-order valence-corrected chi connectivity index (χ2v) is 6.16. The number of aryl methyl sites for hydroxylation is 1. The quantitative estimate of drug-likeness (QED) is 0.770. The summed E-state index contributed by atoms with van der Waals surface area (Å²) in [6.07, 6.45) is 6.87. The minimum atomic E-state index is 0.238. The maximum absolute atomic E-state index is 11.3. The number of amides is 1. The van der Waals surface area contributed by atoms with Crippen molar-refractivity contribution in [2.24, 2.45) is 0 Å². The fraction of sp³-hybridized carbons (Fsp3) is 0.333. The predicted molar refractivity (Wildman–Crippen MR) is 71.7 cm³/mol. The Balaban J connectivity index is 1.76. The molecule has 0 saturated carbocycles. The third-order valence-electron chi connectivity index (χ3n) is 2.93. The standard InChI is InChI=1S/C12H12N2OS2/c1-8-10(17-7-13-8)3-2-9-5-14-11(15)4-12(14)16-6-9/h2-3,5,7,12H,4,6H2,1H3/t12-/m0/s1. The molecule has 3 heterocycles. The molecule has 0 N–H and O–H groups in total. The Hall–Kier alpha value is -1.07. The number of nitrogens with zero attached hydrogens (tertiary/aromatic N) is 2. The van der Waals surface area contributed by atoms with Crippen LogP contribution in [0.3, 0.4) is 0 Å². The van der Waals surface area contributed by atoms with E-state index in [1.165, 1.54) is 10.5 Å². The molecular formula is C12H12N2OS2. The number of β-lactam (4-membered cyclic amide) rings is 1. The van der Waals surface area contributed by atoms with Crippen LogP contribution in [-0.4, -0.2) is 26.9 Å². The SMILES string of the molecule is Cc1ncsc1C=CC1=CN2C(=O)C[C@@H]2SC1. The molecule has 88 valence electrons. The van der Waals surface area contributed by atoms with Crippen LogP contribution < -0.4 is 0 Å². The van der Waals surface area contributed by atoms with E-state index in [-0.39, 0.29) is 5.91 Å². The lowest BCUT2D eigenvalue weighted by Gasteiger charge is -2.40. The third-order valence-corrected chi connectivity index (χ3v) is 5.10. The summed E-state index contributed by atoms with van der Waals surface area (Å²) in [7, 11) is 0. The zero-order valence-electron chi connectivity index (χ0n) is 9.42. The molecule has 0 aromatic carbocycles. The van der Waals surface area contributed by atoms with E-state index in [0.717, 1.165) is 11.4 Å². The fourth-order valence-corrected chi connectivity index (χ4v) is 3.70. The van der Waals surface area contributed by atoms with E-state index in [2.05, 4.69) is 17.1 Å². The Morgan fingerprint density at radius 3 is 3.12 bits per heavy atom. The molecule has 2 aliphatic heterocycles. The minimum Gasteiger partial charge on any atom is -0.306 e. The second kappa shape index (κ2) is 4.31. The van der Waals surface area contributed by atoms with Gasteiger partial charge in [0.2, 0.25) is 5.91 Å². The van der Waals surface area contributed by atoms with Crippen LogP contribution >= 0.6 is 23.1 Å². The molecule has 3 rings (SSSR count). The van der Waals surface area contributed by atoms with Crippen LogP contribution in [0.25, 0.3) is 6.08 Å². The number of allylic oxidation sites excluding steroid dienone is 1. The summed E-state index contributed by atoms with van der Waals surface area (Å²) in [5.74, 6) is 1.23. The summed E-state index contributed by atoms with van der Waals surface area (Å²) >= 11 is 3.48. The molecule has 3 nitrogen and oxygen atoms in total. The van der Waals surface area contributed by atoms with E-state index in [4.69, 9.17) is 0 Å². The highest BCUT2D eigenvalue weighted by atomic mass is 32.2. The highest BCUT2D eigenvalue weighted by Gasteiger charge is 2.37. The molecule has 1 atom stereocenters. The van der Waals surface area contributed by atoms with E-state index in [1.54, 1.807) is 11.3 Å². The summed E-state index contributed by atoms with van der Waals surface area (Å²) in [6, 6.07) is 0. The van der Waals surface area contributed by atoms with Crippen LogP contribution in [0.4, 0.5) is 0 Å². The third kappa shape index (κ3) is 2.05. The van der Waals surface area contributed by atoms with Gasteiger partial charge in [-0.3, -0.25) is 4.79 Å². The minimum absolute atomic E-state index is 0.238. The summed E-state index contributed by atoms with van der Waals surface area (Å²) in [4.78, 5) is 18.6. The maximum atomic E-state index is 11.3. The van der Waals surface area contributed by atoms with Crippen molar-refractivity contribution in [2.45, 2.75) is 18.7 Å². The normalized spacial score (nSPS) is 23.6. The monoisotopic (exact) mass is 264 g/mol. The lowest BCUT2D eigenvalue weighted by Crippen LogP contribution is -2.48. The molecule has 0 radical (unpaired) electrons. The van der Waals surface area contributed by atoms with Crippen molar-refractivity contribution in [1.82, 2.24) is 9.88 Å². The molecule has 5 heteroatoms. The van der Waals surface area contributed by atoms with Gasteiger partial charge in [-0.1, -0.05) is 6.08 Å². The molecule has 2 aliphatic rings. The van der Waals surface area contributed by atoms with Crippen LogP contribution in [-0.2, 0) is 4.79 Å². The van der Waals surface area contributed by atoms with Crippen LogP contribution in [0.1, 0.15) is 17.0 Å². The number of carbonyl (C=O) groups excluding carboxylic acids is 1. The van der Waals surface area contributed by atoms with Gasteiger partial charge >= 0.3 is 0 Å². The number of hydrogen-bond donors (Lipinski definition) is 0. The van der Waals surface area contributed by atoms with Crippen molar-refractivity contribution in [3.8, 4) is 0 Å². The fourth-order valence-electron chi connectivity index (χ4n) is 1.85. The van der Waals surface area contributed by atoms with Crippen molar-refractivity contribution in [2.75, 3.05) is 5.75 Å². The Kier molecular flexibility index (Phi) is 2.80. The lowest BCUT2D eigenvalue weighted by atomic mass is 10.2. The Labute approximate surface area is 108 Å². The molecule has 1 aromatic rings. The van der Waals surface area contributed by atoms with Gasteiger partial charge in [-0.05, 0) is 18.6 Å². The number of thiazole rings is 1. The lowest BCUT2D eigenvalue weighted by molar-refractivity contribution is -0.137. The average molecular weight is 264 g/mol. The van der Waals surface area contributed by atoms with Crippen molar-refractivity contribution in [1.29, 1.82) is 0 Å². The molecule has 0 bridgehead atoms. The Morgan fingerprint density at radius 1 is 1.53 bits per heavy atom. The highest BCUT2D eigenvalue weighted by Crippen LogP contribution is 2.35. The van der Waals surface area contributed by atoms with Gasteiger partial charge in [-0.25, -0.2) is 4.98 Å². The predicted octanol–water partition coefficient (Wildman–Crippen LogP) is 2.65. The van der Waals surface area contributed by atoms with Crippen molar-refractivity contribution in [3.05, 3.63) is 33.9 Å². The van der Waals surface area contributed by atoms with Crippen LogP contribution in [0.5, 0.6) is 0 Å². The first kappa shape index (κ1) is 11.0. The number of carbonyl (C=O) groups is 1. The molecule has 1 amide bonds. The van der Waals surface area contributed by atoms with Gasteiger partial charge in [0.15, 0.2) is 0 Å². The summed E-state index contributed by atoms with van der Waals surface area (Å²) in [5.41, 5.74) is 4.12. The van der Waals surface area contributed by atoms with E-state index >= 15 is 0 Å². The number of aromatic nitrogens is 1. The largest absolute Gasteiger partial charge is 0.306 e. The Morgan fingerprint density at radius 2 is 2.41 bits per heavy atom. The molecule has 1 fully saturated rings. The zero-order chi connectivity index (χ0) is 11.8. The van der Waals surface area contributed by atoms with Crippen molar-refractivity contribution < 1.29 is 4.79 Å².